The monoisotopic (exact) mass is 314 g/mol. The Kier molecular flexibility index (Phi) is 4.65. The third kappa shape index (κ3) is 2.87. The second-order valence-electron chi connectivity index (χ2n) is 4.69. The molecule has 2 atom stereocenters. The van der Waals surface area contributed by atoms with Crippen LogP contribution in [0.3, 0.4) is 0 Å². The van der Waals surface area contributed by atoms with Crippen LogP contribution in [0.4, 0.5) is 0 Å². The molecule has 3 nitrogen and oxygen atoms in total. The van der Waals surface area contributed by atoms with Gasteiger partial charge in [-0.25, -0.2) is 0 Å². The van der Waals surface area contributed by atoms with Crippen molar-refractivity contribution in [1.82, 2.24) is 0 Å². The molecule has 0 bridgehead atoms. The van der Waals surface area contributed by atoms with E-state index in [-0.39, 0.29) is 6.10 Å². The van der Waals surface area contributed by atoms with Crippen molar-refractivity contribution in [3.05, 3.63) is 27.7 Å². The van der Waals surface area contributed by atoms with Gasteiger partial charge in [0.2, 0.25) is 0 Å². The smallest absolute Gasteiger partial charge is 0.125 e. The SMILES string of the molecule is COc1cc(C)c(Br)cc1C(O)C1CCCCO1. The summed E-state index contributed by atoms with van der Waals surface area (Å²) < 4.78 is 12.0. The molecule has 0 spiro atoms. The zero-order valence-electron chi connectivity index (χ0n) is 10.8. The fraction of sp³-hybridized carbons (Fsp3) is 0.571. The second kappa shape index (κ2) is 6.04. The second-order valence-corrected chi connectivity index (χ2v) is 5.55. The van der Waals surface area contributed by atoms with Crippen LogP contribution in [0.5, 0.6) is 5.75 Å². The first-order chi connectivity index (χ1) is 8.63. The Morgan fingerprint density at radius 1 is 1.44 bits per heavy atom. The molecule has 2 rings (SSSR count). The van der Waals surface area contributed by atoms with Crippen molar-refractivity contribution in [2.24, 2.45) is 0 Å². The third-order valence-electron chi connectivity index (χ3n) is 3.40. The standard InChI is InChI=1S/C14H19BrO3/c1-9-7-13(17-2)10(8-11(9)15)14(16)12-5-3-4-6-18-12/h7-8,12,14,16H,3-6H2,1-2H3. The molecule has 0 aliphatic carbocycles. The van der Waals surface area contributed by atoms with Gasteiger partial charge in [-0.3, -0.25) is 0 Å². The molecule has 1 saturated heterocycles. The summed E-state index contributed by atoms with van der Waals surface area (Å²) in [4.78, 5) is 0. The quantitative estimate of drug-likeness (QED) is 0.929. The van der Waals surface area contributed by atoms with Crippen molar-refractivity contribution in [2.45, 2.75) is 38.4 Å². The molecular formula is C14H19BrO3. The number of aliphatic hydroxyl groups excluding tert-OH is 1. The Balaban J connectivity index is 2.27. The Morgan fingerprint density at radius 3 is 2.83 bits per heavy atom. The molecule has 0 aromatic heterocycles. The normalized spacial score (nSPS) is 21.7. The summed E-state index contributed by atoms with van der Waals surface area (Å²) in [6.45, 7) is 2.73. The Bertz CT molecular complexity index is 414. The van der Waals surface area contributed by atoms with Crippen LogP contribution < -0.4 is 4.74 Å². The van der Waals surface area contributed by atoms with Gasteiger partial charge in [-0.15, -0.1) is 0 Å². The maximum absolute atomic E-state index is 10.4. The number of halogens is 1. The average Bonchev–Trinajstić information content (AvgIpc) is 2.41. The highest BCUT2D eigenvalue weighted by atomic mass is 79.9. The Hall–Kier alpha value is -0.580. The van der Waals surface area contributed by atoms with E-state index in [1.165, 1.54) is 0 Å². The molecular weight excluding hydrogens is 296 g/mol. The van der Waals surface area contributed by atoms with Gasteiger partial charge in [-0.2, -0.15) is 0 Å². The summed E-state index contributed by atoms with van der Waals surface area (Å²) in [7, 11) is 1.63. The van der Waals surface area contributed by atoms with Gasteiger partial charge in [0.25, 0.3) is 0 Å². The van der Waals surface area contributed by atoms with Crippen LogP contribution in [-0.2, 0) is 4.74 Å². The number of rotatable bonds is 3. The number of ether oxygens (including phenoxy) is 2. The summed E-state index contributed by atoms with van der Waals surface area (Å²) in [6, 6.07) is 3.86. The zero-order chi connectivity index (χ0) is 13.1. The first-order valence-corrected chi connectivity index (χ1v) is 7.06. The summed E-state index contributed by atoms with van der Waals surface area (Å²) >= 11 is 3.49. The van der Waals surface area contributed by atoms with E-state index in [1.54, 1.807) is 7.11 Å². The predicted molar refractivity (Wildman–Crippen MR) is 74.0 cm³/mol. The number of aliphatic hydroxyl groups is 1. The molecule has 100 valence electrons. The highest BCUT2D eigenvalue weighted by Gasteiger charge is 2.26. The van der Waals surface area contributed by atoms with Gasteiger partial charge in [0.1, 0.15) is 11.9 Å². The number of methoxy groups -OCH3 is 1. The molecule has 1 fully saturated rings. The van der Waals surface area contributed by atoms with Gasteiger partial charge in [-0.1, -0.05) is 15.9 Å². The molecule has 1 heterocycles. The minimum absolute atomic E-state index is 0.123. The van der Waals surface area contributed by atoms with Crippen molar-refractivity contribution in [3.63, 3.8) is 0 Å². The third-order valence-corrected chi connectivity index (χ3v) is 4.25. The first-order valence-electron chi connectivity index (χ1n) is 6.27. The lowest BCUT2D eigenvalue weighted by Crippen LogP contribution is -2.26. The molecule has 1 N–H and O–H groups in total. The van der Waals surface area contributed by atoms with E-state index in [9.17, 15) is 5.11 Å². The number of hydrogen-bond donors (Lipinski definition) is 1. The van der Waals surface area contributed by atoms with E-state index >= 15 is 0 Å². The van der Waals surface area contributed by atoms with E-state index in [4.69, 9.17) is 9.47 Å². The summed E-state index contributed by atoms with van der Waals surface area (Å²) in [5, 5.41) is 10.4. The van der Waals surface area contributed by atoms with Crippen LogP contribution in [-0.4, -0.2) is 24.9 Å². The van der Waals surface area contributed by atoms with Crippen molar-refractivity contribution < 1.29 is 14.6 Å². The summed E-state index contributed by atoms with van der Waals surface area (Å²) in [5.74, 6) is 0.720. The fourth-order valence-electron chi connectivity index (χ4n) is 2.29. The molecule has 0 amide bonds. The maximum atomic E-state index is 10.4. The molecule has 2 unspecified atom stereocenters. The van der Waals surface area contributed by atoms with Crippen molar-refractivity contribution >= 4 is 15.9 Å². The van der Waals surface area contributed by atoms with E-state index < -0.39 is 6.10 Å². The van der Waals surface area contributed by atoms with Crippen LogP contribution in [0.15, 0.2) is 16.6 Å². The summed E-state index contributed by atoms with van der Waals surface area (Å²) in [5.41, 5.74) is 1.88. The fourth-order valence-corrected chi connectivity index (χ4v) is 2.65. The highest BCUT2D eigenvalue weighted by molar-refractivity contribution is 9.10. The van der Waals surface area contributed by atoms with Crippen LogP contribution in [0.25, 0.3) is 0 Å². The van der Waals surface area contributed by atoms with E-state index in [1.807, 2.05) is 19.1 Å². The minimum Gasteiger partial charge on any atom is -0.496 e. The lowest BCUT2D eigenvalue weighted by Gasteiger charge is -2.28. The highest BCUT2D eigenvalue weighted by Crippen LogP contribution is 2.35. The topological polar surface area (TPSA) is 38.7 Å². The minimum atomic E-state index is -0.628. The van der Waals surface area contributed by atoms with Gasteiger partial charge in [0.05, 0.1) is 13.2 Å². The van der Waals surface area contributed by atoms with Crippen LogP contribution in [0.1, 0.15) is 36.5 Å². The number of hydrogen-bond acceptors (Lipinski definition) is 3. The zero-order valence-corrected chi connectivity index (χ0v) is 12.4. The molecule has 1 aliphatic heterocycles. The van der Waals surface area contributed by atoms with Crippen LogP contribution in [0, 0.1) is 6.92 Å². The Labute approximate surface area is 116 Å². The molecule has 18 heavy (non-hydrogen) atoms. The van der Waals surface area contributed by atoms with Crippen molar-refractivity contribution in [2.75, 3.05) is 13.7 Å². The number of aryl methyl sites for hydroxylation is 1. The molecule has 1 aliphatic rings. The molecule has 0 saturated carbocycles. The first kappa shape index (κ1) is 13.8. The van der Waals surface area contributed by atoms with Crippen molar-refractivity contribution in [3.8, 4) is 5.75 Å². The van der Waals surface area contributed by atoms with E-state index in [2.05, 4.69) is 15.9 Å². The maximum Gasteiger partial charge on any atom is 0.125 e. The Morgan fingerprint density at radius 2 is 2.22 bits per heavy atom. The van der Waals surface area contributed by atoms with Gasteiger partial charge < -0.3 is 14.6 Å². The lowest BCUT2D eigenvalue weighted by molar-refractivity contribution is -0.0639. The van der Waals surface area contributed by atoms with Gasteiger partial charge in [-0.05, 0) is 43.9 Å². The lowest BCUT2D eigenvalue weighted by atomic mass is 9.97. The molecule has 0 radical (unpaired) electrons. The molecule has 4 heteroatoms. The predicted octanol–water partition coefficient (Wildman–Crippen LogP) is 3.37. The molecule has 1 aromatic carbocycles. The largest absolute Gasteiger partial charge is 0.496 e. The van der Waals surface area contributed by atoms with Gasteiger partial charge >= 0.3 is 0 Å². The van der Waals surface area contributed by atoms with E-state index in [0.717, 1.165) is 47.2 Å². The molecule has 1 aromatic rings. The average molecular weight is 315 g/mol. The van der Waals surface area contributed by atoms with Gasteiger partial charge in [0, 0.05) is 16.6 Å². The number of benzene rings is 1. The van der Waals surface area contributed by atoms with Crippen LogP contribution >= 0.6 is 15.9 Å². The van der Waals surface area contributed by atoms with Crippen LogP contribution in [0.2, 0.25) is 0 Å². The van der Waals surface area contributed by atoms with E-state index in [0.29, 0.717) is 0 Å². The summed E-state index contributed by atoms with van der Waals surface area (Å²) in [6.07, 6.45) is 2.34. The van der Waals surface area contributed by atoms with Gasteiger partial charge in [0.15, 0.2) is 0 Å². The van der Waals surface area contributed by atoms with Crippen molar-refractivity contribution in [1.29, 1.82) is 0 Å².